The number of nitrogens with one attached hydrogen (secondary N) is 2. The summed E-state index contributed by atoms with van der Waals surface area (Å²) in [5.74, 6) is -2.39. The van der Waals surface area contributed by atoms with Gasteiger partial charge in [-0.15, -0.1) is 0 Å². The molecule has 1 aliphatic rings. The zero-order valence-corrected chi connectivity index (χ0v) is 13.9. The molecule has 0 atom stereocenters. The van der Waals surface area contributed by atoms with Gasteiger partial charge in [0.05, 0.1) is 0 Å². The molecule has 0 aromatic heterocycles. The third kappa shape index (κ3) is 6.32. The molecule has 1 aromatic carbocycles. The van der Waals surface area contributed by atoms with E-state index in [-0.39, 0.29) is 0 Å². The van der Waals surface area contributed by atoms with Crippen LogP contribution in [0.3, 0.4) is 0 Å². The number of hydrogen-bond donors (Lipinski definition) is 2. The van der Waals surface area contributed by atoms with E-state index in [1.165, 1.54) is 31.3 Å². The molecular formula is C16H20F2N2S2. The van der Waals surface area contributed by atoms with Crippen LogP contribution in [0.15, 0.2) is 40.8 Å². The molecule has 0 heterocycles. The van der Waals surface area contributed by atoms with Crippen LogP contribution in [0.1, 0.15) is 32.1 Å². The first-order valence-electron chi connectivity index (χ1n) is 7.41. The summed E-state index contributed by atoms with van der Waals surface area (Å²) in [4.78, 5) is 0.545. The molecule has 22 heavy (non-hydrogen) atoms. The molecule has 0 unspecified atom stereocenters. The number of thiocarbonyl (C=S) groups is 1. The highest BCUT2D eigenvalue weighted by Crippen LogP contribution is 2.26. The maximum absolute atomic E-state index is 12.2. The van der Waals surface area contributed by atoms with Crippen LogP contribution in [0.4, 0.5) is 14.5 Å². The maximum Gasteiger partial charge on any atom is 0.288 e. The highest BCUT2D eigenvalue weighted by molar-refractivity contribution is 7.99. The Morgan fingerprint density at radius 3 is 2.64 bits per heavy atom. The van der Waals surface area contributed by atoms with Crippen LogP contribution < -0.4 is 10.6 Å². The standard InChI is InChI=1S/C16H20F2N2S2/c17-15(18)22-14-8-6-13(7-9-14)20-16(21)19-11-10-12-4-2-1-3-5-12/h4,6-9,15H,1-3,5,10-11H2,(H2,19,20,21). The van der Waals surface area contributed by atoms with Gasteiger partial charge in [-0.1, -0.05) is 23.4 Å². The van der Waals surface area contributed by atoms with Gasteiger partial charge in [-0.3, -0.25) is 0 Å². The van der Waals surface area contributed by atoms with E-state index < -0.39 is 5.76 Å². The van der Waals surface area contributed by atoms with Crippen molar-refractivity contribution in [3.8, 4) is 0 Å². The Hall–Kier alpha value is -1.14. The molecule has 0 fully saturated rings. The molecule has 2 rings (SSSR count). The number of rotatable bonds is 6. The van der Waals surface area contributed by atoms with Crippen LogP contribution in [-0.2, 0) is 0 Å². The molecule has 0 aliphatic heterocycles. The summed E-state index contributed by atoms with van der Waals surface area (Å²) in [6.45, 7) is 0.816. The zero-order chi connectivity index (χ0) is 15.8. The van der Waals surface area contributed by atoms with Crippen LogP contribution in [0.2, 0.25) is 0 Å². The highest BCUT2D eigenvalue weighted by atomic mass is 32.2. The first-order valence-corrected chi connectivity index (χ1v) is 8.70. The number of hydrogen-bond acceptors (Lipinski definition) is 2. The van der Waals surface area contributed by atoms with E-state index in [0.29, 0.717) is 21.8 Å². The number of allylic oxidation sites excluding steroid dienone is 1. The Bertz CT molecular complexity index is 515. The quantitative estimate of drug-likeness (QED) is 0.423. The minimum absolute atomic E-state index is 0.540. The van der Waals surface area contributed by atoms with Crippen LogP contribution in [0.5, 0.6) is 0 Å². The topological polar surface area (TPSA) is 24.1 Å². The van der Waals surface area contributed by atoms with Gasteiger partial charge in [0.25, 0.3) is 5.76 Å². The van der Waals surface area contributed by atoms with Gasteiger partial charge in [-0.25, -0.2) is 0 Å². The number of halogens is 2. The minimum Gasteiger partial charge on any atom is -0.362 e. The Balaban J connectivity index is 1.71. The van der Waals surface area contributed by atoms with Crippen molar-refractivity contribution >= 4 is 34.8 Å². The van der Waals surface area contributed by atoms with Gasteiger partial charge in [-0.05, 0) is 68.6 Å². The van der Waals surface area contributed by atoms with Crippen molar-refractivity contribution in [2.75, 3.05) is 11.9 Å². The molecule has 0 saturated heterocycles. The van der Waals surface area contributed by atoms with Crippen molar-refractivity contribution < 1.29 is 8.78 Å². The van der Waals surface area contributed by atoms with Crippen LogP contribution >= 0.6 is 24.0 Å². The van der Waals surface area contributed by atoms with Crippen molar-refractivity contribution in [1.29, 1.82) is 0 Å². The summed E-state index contributed by atoms with van der Waals surface area (Å²) in [6, 6.07) is 6.83. The van der Waals surface area contributed by atoms with Crippen molar-refractivity contribution in [2.24, 2.45) is 0 Å². The first-order chi connectivity index (χ1) is 10.6. The summed E-state index contributed by atoms with van der Waals surface area (Å²) in [7, 11) is 0. The average Bonchev–Trinajstić information content (AvgIpc) is 2.50. The smallest absolute Gasteiger partial charge is 0.288 e. The Morgan fingerprint density at radius 1 is 1.23 bits per heavy atom. The lowest BCUT2D eigenvalue weighted by molar-refractivity contribution is 0.252. The van der Waals surface area contributed by atoms with E-state index in [4.69, 9.17) is 12.2 Å². The molecule has 0 radical (unpaired) electrons. The first kappa shape index (κ1) is 17.2. The number of alkyl halides is 2. The van der Waals surface area contributed by atoms with Gasteiger partial charge in [0.2, 0.25) is 0 Å². The van der Waals surface area contributed by atoms with Gasteiger partial charge in [-0.2, -0.15) is 8.78 Å². The molecule has 0 bridgehead atoms. The van der Waals surface area contributed by atoms with E-state index in [2.05, 4.69) is 16.7 Å². The monoisotopic (exact) mass is 342 g/mol. The molecular weight excluding hydrogens is 322 g/mol. The molecule has 1 aromatic rings. The lowest BCUT2D eigenvalue weighted by Crippen LogP contribution is -2.29. The lowest BCUT2D eigenvalue weighted by Gasteiger charge is -2.14. The van der Waals surface area contributed by atoms with Gasteiger partial charge in [0.1, 0.15) is 0 Å². The molecule has 0 amide bonds. The fraction of sp³-hybridized carbons (Fsp3) is 0.438. The highest BCUT2D eigenvalue weighted by Gasteiger charge is 2.06. The summed E-state index contributed by atoms with van der Waals surface area (Å²) < 4.78 is 24.5. The van der Waals surface area contributed by atoms with E-state index in [0.717, 1.165) is 18.7 Å². The van der Waals surface area contributed by atoms with Crippen molar-refractivity contribution in [1.82, 2.24) is 5.32 Å². The van der Waals surface area contributed by atoms with Gasteiger partial charge in [0.15, 0.2) is 5.11 Å². The number of anilines is 1. The van der Waals surface area contributed by atoms with E-state index in [1.807, 2.05) is 0 Å². The van der Waals surface area contributed by atoms with E-state index >= 15 is 0 Å². The normalized spacial score (nSPS) is 14.6. The van der Waals surface area contributed by atoms with Crippen LogP contribution in [0.25, 0.3) is 0 Å². The van der Waals surface area contributed by atoms with E-state index in [9.17, 15) is 8.78 Å². The summed E-state index contributed by atoms with van der Waals surface area (Å²) in [5, 5.41) is 6.80. The fourth-order valence-electron chi connectivity index (χ4n) is 2.36. The predicted octanol–water partition coefficient (Wildman–Crippen LogP) is 5.18. The third-order valence-electron chi connectivity index (χ3n) is 3.45. The van der Waals surface area contributed by atoms with Crippen LogP contribution in [-0.4, -0.2) is 17.4 Å². The number of benzene rings is 1. The zero-order valence-electron chi connectivity index (χ0n) is 12.3. The molecule has 0 spiro atoms. The molecule has 2 nitrogen and oxygen atoms in total. The van der Waals surface area contributed by atoms with Gasteiger partial charge < -0.3 is 10.6 Å². The fourth-order valence-corrected chi connectivity index (χ4v) is 3.08. The Labute approximate surface area is 139 Å². The molecule has 6 heteroatoms. The maximum atomic E-state index is 12.2. The molecule has 0 saturated carbocycles. The van der Waals surface area contributed by atoms with Crippen molar-refractivity contribution in [3.63, 3.8) is 0 Å². The summed E-state index contributed by atoms with van der Waals surface area (Å²) in [5.41, 5.74) is 2.31. The van der Waals surface area contributed by atoms with E-state index in [1.54, 1.807) is 24.3 Å². The lowest BCUT2D eigenvalue weighted by atomic mass is 9.97. The second-order valence-electron chi connectivity index (χ2n) is 5.14. The van der Waals surface area contributed by atoms with Crippen molar-refractivity contribution in [3.05, 3.63) is 35.9 Å². The Kier molecular flexibility index (Phi) is 7.12. The SMILES string of the molecule is FC(F)Sc1ccc(NC(=S)NCCC2=CCCCC2)cc1. The average molecular weight is 342 g/mol. The predicted molar refractivity (Wildman–Crippen MR) is 93.7 cm³/mol. The number of thioether (sulfide) groups is 1. The Morgan fingerprint density at radius 2 is 2.00 bits per heavy atom. The molecule has 2 N–H and O–H groups in total. The van der Waals surface area contributed by atoms with Gasteiger partial charge >= 0.3 is 0 Å². The molecule has 1 aliphatic carbocycles. The largest absolute Gasteiger partial charge is 0.362 e. The van der Waals surface area contributed by atoms with Crippen molar-refractivity contribution in [2.45, 2.75) is 42.8 Å². The van der Waals surface area contributed by atoms with Crippen LogP contribution in [0, 0.1) is 0 Å². The van der Waals surface area contributed by atoms with Gasteiger partial charge in [0, 0.05) is 17.1 Å². The summed E-state index contributed by atoms with van der Waals surface area (Å²) >= 11 is 5.78. The minimum atomic E-state index is -2.39. The third-order valence-corrected chi connectivity index (χ3v) is 4.42. The summed E-state index contributed by atoms with van der Waals surface area (Å²) in [6.07, 6.45) is 8.34. The molecule has 120 valence electrons. The second kappa shape index (κ2) is 9.10. The second-order valence-corrected chi connectivity index (χ2v) is 6.61.